The second kappa shape index (κ2) is 9.12. The molecule has 5 nitrogen and oxygen atoms in total. The van der Waals surface area contributed by atoms with Gasteiger partial charge in [-0.25, -0.2) is 8.78 Å². The Balaban J connectivity index is 1.93. The molecule has 0 heterocycles. The van der Waals surface area contributed by atoms with Crippen LogP contribution in [0.2, 0.25) is 0 Å². The van der Waals surface area contributed by atoms with Gasteiger partial charge in [-0.15, -0.1) is 0 Å². The molecule has 0 aliphatic rings. The monoisotopic (exact) mass is 375 g/mol. The van der Waals surface area contributed by atoms with E-state index < -0.39 is 11.6 Å². The summed E-state index contributed by atoms with van der Waals surface area (Å²) in [6.07, 6.45) is 0. The van der Waals surface area contributed by atoms with E-state index in [2.05, 4.69) is 5.32 Å². The Morgan fingerprint density at radius 3 is 2.26 bits per heavy atom. The minimum Gasteiger partial charge on any atom is -0.362 e. The van der Waals surface area contributed by atoms with Crippen molar-refractivity contribution in [1.82, 2.24) is 4.90 Å². The van der Waals surface area contributed by atoms with Gasteiger partial charge in [-0.1, -0.05) is 17.7 Å². The molecule has 0 unspecified atom stereocenters. The Morgan fingerprint density at radius 1 is 1.00 bits per heavy atom. The van der Waals surface area contributed by atoms with Gasteiger partial charge in [-0.05, 0) is 38.1 Å². The van der Waals surface area contributed by atoms with Crippen LogP contribution in [0.4, 0.5) is 20.2 Å². The summed E-state index contributed by atoms with van der Waals surface area (Å²) in [7, 11) is 1.52. The van der Waals surface area contributed by atoms with Crippen molar-refractivity contribution in [2.75, 3.05) is 36.9 Å². The van der Waals surface area contributed by atoms with Crippen molar-refractivity contribution >= 4 is 23.2 Å². The lowest BCUT2D eigenvalue weighted by atomic mass is 10.2. The van der Waals surface area contributed by atoms with Crippen molar-refractivity contribution < 1.29 is 18.4 Å². The molecule has 0 aromatic heterocycles. The molecule has 144 valence electrons. The number of anilines is 2. The fraction of sp³-hybridized carbons (Fsp3) is 0.300. The highest BCUT2D eigenvalue weighted by Gasteiger charge is 2.17. The summed E-state index contributed by atoms with van der Waals surface area (Å²) in [4.78, 5) is 27.4. The van der Waals surface area contributed by atoms with E-state index >= 15 is 0 Å². The molecule has 0 atom stereocenters. The minimum atomic E-state index is -0.968. The van der Waals surface area contributed by atoms with Crippen molar-refractivity contribution in [1.29, 1.82) is 0 Å². The summed E-state index contributed by atoms with van der Waals surface area (Å²) >= 11 is 0. The zero-order valence-corrected chi connectivity index (χ0v) is 15.6. The van der Waals surface area contributed by atoms with Gasteiger partial charge >= 0.3 is 0 Å². The predicted octanol–water partition coefficient (Wildman–Crippen LogP) is 3.20. The molecule has 0 bridgehead atoms. The van der Waals surface area contributed by atoms with Crippen LogP contribution in [0, 0.1) is 18.6 Å². The van der Waals surface area contributed by atoms with E-state index in [1.807, 2.05) is 19.1 Å². The SMILES string of the molecule is CCN(CC(=O)N(C)CC(=O)Nc1ccc(C)cc1)c1ccc(F)c(F)c1. The Kier molecular flexibility index (Phi) is 6.87. The Bertz CT molecular complexity index is 809. The Hall–Kier alpha value is -2.96. The van der Waals surface area contributed by atoms with Crippen LogP contribution in [0.1, 0.15) is 12.5 Å². The van der Waals surface area contributed by atoms with Gasteiger partial charge in [-0.3, -0.25) is 9.59 Å². The Labute approximate surface area is 157 Å². The molecule has 2 amide bonds. The van der Waals surface area contributed by atoms with Gasteiger partial charge in [0.15, 0.2) is 11.6 Å². The number of nitrogens with one attached hydrogen (secondary N) is 1. The molecule has 0 aliphatic heterocycles. The third-order valence-electron chi connectivity index (χ3n) is 4.12. The fourth-order valence-corrected chi connectivity index (χ4v) is 2.49. The number of halogens is 2. The van der Waals surface area contributed by atoms with E-state index in [1.54, 1.807) is 24.0 Å². The van der Waals surface area contributed by atoms with Crippen LogP contribution in [0.25, 0.3) is 0 Å². The number of hydrogen-bond donors (Lipinski definition) is 1. The zero-order valence-electron chi connectivity index (χ0n) is 15.6. The van der Waals surface area contributed by atoms with Crippen molar-refractivity contribution in [2.24, 2.45) is 0 Å². The molecule has 0 aliphatic carbocycles. The third kappa shape index (κ3) is 5.77. The van der Waals surface area contributed by atoms with Crippen molar-refractivity contribution in [3.63, 3.8) is 0 Å². The molecule has 27 heavy (non-hydrogen) atoms. The number of carbonyl (C=O) groups is 2. The molecule has 0 saturated carbocycles. The van der Waals surface area contributed by atoms with Crippen molar-refractivity contribution in [3.8, 4) is 0 Å². The standard InChI is InChI=1S/C20H23F2N3O2/c1-4-25(16-9-10-17(21)18(22)11-16)13-20(27)24(3)12-19(26)23-15-7-5-14(2)6-8-15/h5-11H,4,12-13H2,1-3H3,(H,23,26). The van der Waals surface area contributed by atoms with E-state index in [4.69, 9.17) is 0 Å². The van der Waals surface area contributed by atoms with E-state index in [-0.39, 0.29) is 24.9 Å². The molecular formula is C20H23F2N3O2. The number of nitrogens with zero attached hydrogens (tertiary/aromatic N) is 2. The van der Waals surface area contributed by atoms with Crippen LogP contribution in [-0.2, 0) is 9.59 Å². The lowest BCUT2D eigenvalue weighted by Gasteiger charge is -2.25. The van der Waals surface area contributed by atoms with E-state index in [0.29, 0.717) is 17.9 Å². The van der Waals surface area contributed by atoms with Crippen LogP contribution in [0.5, 0.6) is 0 Å². The molecule has 2 aromatic carbocycles. The molecule has 0 radical (unpaired) electrons. The first-order valence-electron chi connectivity index (χ1n) is 8.60. The summed E-state index contributed by atoms with van der Waals surface area (Å²) in [5.74, 6) is -2.53. The number of amides is 2. The molecule has 0 saturated heterocycles. The zero-order chi connectivity index (χ0) is 20.0. The highest BCUT2D eigenvalue weighted by molar-refractivity contribution is 5.95. The maximum atomic E-state index is 13.4. The van der Waals surface area contributed by atoms with Gasteiger partial charge in [-0.2, -0.15) is 0 Å². The first-order chi connectivity index (χ1) is 12.8. The first-order valence-corrected chi connectivity index (χ1v) is 8.60. The normalized spacial score (nSPS) is 10.4. The summed E-state index contributed by atoms with van der Waals surface area (Å²) < 4.78 is 26.5. The van der Waals surface area contributed by atoms with Crippen molar-refractivity contribution in [2.45, 2.75) is 13.8 Å². The van der Waals surface area contributed by atoms with Crippen LogP contribution in [0.3, 0.4) is 0 Å². The Morgan fingerprint density at radius 2 is 1.67 bits per heavy atom. The fourth-order valence-electron chi connectivity index (χ4n) is 2.49. The second-order valence-electron chi connectivity index (χ2n) is 6.28. The van der Waals surface area contributed by atoms with Crippen molar-refractivity contribution in [3.05, 3.63) is 59.7 Å². The molecule has 0 spiro atoms. The van der Waals surface area contributed by atoms with Crippen LogP contribution in [0.15, 0.2) is 42.5 Å². The lowest BCUT2D eigenvalue weighted by Crippen LogP contribution is -2.41. The summed E-state index contributed by atoms with van der Waals surface area (Å²) in [5.41, 5.74) is 2.14. The molecule has 0 fully saturated rings. The molecule has 1 N–H and O–H groups in total. The summed E-state index contributed by atoms with van der Waals surface area (Å²) in [5, 5.41) is 2.73. The largest absolute Gasteiger partial charge is 0.362 e. The molecule has 7 heteroatoms. The van der Waals surface area contributed by atoms with E-state index in [1.165, 1.54) is 18.0 Å². The summed E-state index contributed by atoms with van der Waals surface area (Å²) in [6.45, 7) is 4.03. The van der Waals surface area contributed by atoms with Crippen LogP contribution < -0.4 is 10.2 Å². The third-order valence-corrected chi connectivity index (χ3v) is 4.12. The maximum absolute atomic E-state index is 13.4. The smallest absolute Gasteiger partial charge is 0.243 e. The van der Waals surface area contributed by atoms with Crippen LogP contribution in [-0.4, -0.2) is 43.4 Å². The topological polar surface area (TPSA) is 52.7 Å². The highest BCUT2D eigenvalue weighted by atomic mass is 19.2. The average molecular weight is 375 g/mol. The predicted molar refractivity (Wildman–Crippen MR) is 102 cm³/mol. The number of hydrogen-bond acceptors (Lipinski definition) is 3. The molecule has 2 aromatic rings. The van der Waals surface area contributed by atoms with E-state index in [9.17, 15) is 18.4 Å². The number of rotatable bonds is 7. The van der Waals surface area contributed by atoms with Gasteiger partial charge in [0.1, 0.15) is 0 Å². The minimum absolute atomic E-state index is 0.0457. The van der Waals surface area contributed by atoms with Gasteiger partial charge in [0.05, 0.1) is 13.1 Å². The molecular weight excluding hydrogens is 352 g/mol. The second-order valence-corrected chi connectivity index (χ2v) is 6.28. The number of aryl methyl sites for hydroxylation is 1. The van der Waals surface area contributed by atoms with E-state index in [0.717, 1.165) is 17.7 Å². The van der Waals surface area contributed by atoms with Gasteiger partial charge in [0.2, 0.25) is 11.8 Å². The van der Waals surface area contributed by atoms with Crippen LogP contribution >= 0.6 is 0 Å². The quantitative estimate of drug-likeness (QED) is 0.809. The number of carbonyl (C=O) groups excluding carboxylic acids is 2. The highest BCUT2D eigenvalue weighted by Crippen LogP contribution is 2.18. The van der Waals surface area contributed by atoms with Gasteiger partial charge in [0, 0.05) is 31.0 Å². The van der Waals surface area contributed by atoms with Gasteiger partial charge < -0.3 is 15.1 Å². The molecule has 2 rings (SSSR count). The number of likely N-dealkylation sites (N-methyl/N-ethyl adjacent to an activating group) is 2. The lowest BCUT2D eigenvalue weighted by molar-refractivity contribution is -0.132. The average Bonchev–Trinajstić information content (AvgIpc) is 2.63. The van der Waals surface area contributed by atoms with Gasteiger partial charge in [0.25, 0.3) is 0 Å². The first kappa shape index (κ1) is 20.4. The number of benzene rings is 2. The maximum Gasteiger partial charge on any atom is 0.243 e. The summed E-state index contributed by atoms with van der Waals surface area (Å²) in [6, 6.07) is 10.8.